The molecule has 0 fully saturated rings. The highest BCUT2D eigenvalue weighted by atomic mass is 79.9. The van der Waals surface area contributed by atoms with Gasteiger partial charge in [-0.2, -0.15) is 0 Å². The smallest absolute Gasteiger partial charge is 0.130 e. The first-order valence-electron chi connectivity index (χ1n) is 5.62. The molecular formula is C14H11BrF3N. The molecule has 19 heavy (non-hydrogen) atoms. The standard InChI is InChI=1S/C14H11BrF3N/c15-12-4-2-9(16)5-8(12)6-14(19)11-3-1-10(17)7-13(11)18/h1-5,7,14H,6,19H2. The van der Waals surface area contributed by atoms with Crippen LogP contribution in [0.25, 0.3) is 0 Å². The average Bonchev–Trinajstić information content (AvgIpc) is 2.33. The summed E-state index contributed by atoms with van der Waals surface area (Å²) < 4.78 is 40.2. The maximum Gasteiger partial charge on any atom is 0.130 e. The van der Waals surface area contributed by atoms with Gasteiger partial charge in [-0.15, -0.1) is 0 Å². The van der Waals surface area contributed by atoms with Crippen LogP contribution in [0.4, 0.5) is 13.2 Å². The molecule has 0 radical (unpaired) electrons. The normalized spacial score (nSPS) is 12.5. The first-order chi connectivity index (χ1) is 8.97. The summed E-state index contributed by atoms with van der Waals surface area (Å²) in [4.78, 5) is 0. The summed E-state index contributed by atoms with van der Waals surface area (Å²) in [5.41, 5.74) is 6.73. The van der Waals surface area contributed by atoms with Crippen LogP contribution in [0.3, 0.4) is 0 Å². The van der Waals surface area contributed by atoms with Crippen molar-refractivity contribution >= 4 is 15.9 Å². The van der Waals surface area contributed by atoms with E-state index in [2.05, 4.69) is 15.9 Å². The van der Waals surface area contributed by atoms with Crippen molar-refractivity contribution in [2.45, 2.75) is 12.5 Å². The summed E-state index contributed by atoms with van der Waals surface area (Å²) in [5, 5.41) is 0. The lowest BCUT2D eigenvalue weighted by Gasteiger charge is -2.14. The summed E-state index contributed by atoms with van der Waals surface area (Å²) in [7, 11) is 0. The van der Waals surface area contributed by atoms with Crippen molar-refractivity contribution < 1.29 is 13.2 Å². The Labute approximate surface area is 117 Å². The van der Waals surface area contributed by atoms with Gasteiger partial charge in [-0.1, -0.05) is 22.0 Å². The molecule has 5 heteroatoms. The van der Waals surface area contributed by atoms with E-state index in [4.69, 9.17) is 5.73 Å². The maximum atomic E-state index is 13.6. The van der Waals surface area contributed by atoms with Gasteiger partial charge in [-0.25, -0.2) is 13.2 Å². The molecule has 100 valence electrons. The quantitative estimate of drug-likeness (QED) is 0.901. The van der Waals surface area contributed by atoms with E-state index in [-0.39, 0.29) is 17.8 Å². The highest BCUT2D eigenvalue weighted by molar-refractivity contribution is 9.10. The van der Waals surface area contributed by atoms with Crippen LogP contribution < -0.4 is 5.73 Å². The molecule has 2 aromatic carbocycles. The Balaban J connectivity index is 2.25. The summed E-state index contributed by atoms with van der Waals surface area (Å²) >= 11 is 3.29. The molecule has 0 aliphatic heterocycles. The molecule has 0 spiro atoms. The fourth-order valence-corrected chi connectivity index (χ4v) is 2.26. The number of hydrogen-bond acceptors (Lipinski definition) is 1. The molecule has 2 rings (SSSR count). The second-order valence-electron chi connectivity index (χ2n) is 4.21. The second kappa shape index (κ2) is 5.75. The molecule has 1 atom stereocenters. The summed E-state index contributed by atoms with van der Waals surface area (Å²) in [6.07, 6.45) is 0.251. The fraction of sp³-hybridized carbons (Fsp3) is 0.143. The predicted molar refractivity (Wildman–Crippen MR) is 71.1 cm³/mol. The minimum absolute atomic E-state index is 0.206. The van der Waals surface area contributed by atoms with Crippen LogP contribution >= 0.6 is 15.9 Å². The Morgan fingerprint density at radius 2 is 1.63 bits per heavy atom. The van der Waals surface area contributed by atoms with E-state index in [0.717, 1.165) is 12.1 Å². The van der Waals surface area contributed by atoms with Gasteiger partial charge in [0.05, 0.1) is 0 Å². The van der Waals surface area contributed by atoms with Gasteiger partial charge >= 0.3 is 0 Å². The molecule has 0 heterocycles. The molecule has 0 aliphatic carbocycles. The van der Waals surface area contributed by atoms with Crippen LogP contribution in [0.2, 0.25) is 0 Å². The van der Waals surface area contributed by atoms with Gasteiger partial charge in [0.2, 0.25) is 0 Å². The molecule has 0 aromatic heterocycles. The number of nitrogens with two attached hydrogens (primary N) is 1. The first kappa shape index (κ1) is 14.1. The largest absolute Gasteiger partial charge is 0.324 e. The average molecular weight is 330 g/mol. The molecule has 0 saturated carbocycles. The highest BCUT2D eigenvalue weighted by Crippen LogP contribution is 2.25. The van der Waals surface area contributed by atoms with Crippen molar-refractivity contribution in [3.05, 3.63) is 69.4 Å². The summed E-state index contributed by atoms with van der Waals surface area (Å²) in [6.45, 7) is 0. The first-order valence-corrected chi connectivity index (χ1v) is 6.41. The van der Waals surface area contributed by atoms with E-state index in [9.17, 15) is 13.2 Å². The monoisotopic (exact) mass is 329 g/mol. The lowest BCUT2D eigenvalue weighted by atomic mass is 9.99. The number of benzene rings is 2. The zero-order valence-electron chi connectivity index (χ0n) is 9.84. The zero-order valence-corrected chi connectivity index (χ0v) is 11.4. The van der Waals surface area contributed by atoms with Crippen molar-refractivity contribution in [3.63, 3.8) is 0 Å². The van der Waals surface area contributed by atoms with Crippen molar-refractivity contribution in [2.75, 3.05) is 0 Å². The van der Waals surface area contributed by atoms with Crippen LogP contribution in [0.1, 0.15) is 17.2 Å². The van der Waals surface area contributed by atoms with E-state index < -0.39 is 17.7 Å². The third kappa shape index (κ3) is 3.36. The Morgan fingerprint density at radius 1 is 1.00 bits per heavy atom. The van der Waals surface area contributed by atoms with E-state index in [1.54, 1.807) is 6.07 Å². The van der Waals surface area contributed by atoms with Crippen LogP contribution in [0, 0.1) is 17.5 Å². The number of rotatable bonds is 3. The Morgan fingerprint density at radius 3 is 2.32 bits per heavy atom. The maximum absolute atomic E-state index is 13.6. The van der Waals surface area contributed by atoms with Gasteiger partial charge in [-0.3, -0.25) is 0 Å². The molecule has 1 nitrogen and oxygen atoms in total. The SMILES string of the molecule is NC(Cc1cc(F)ccc1Br)c1ccc(F)cc1F. The van der Waals surface area contributed by atoms with Gasteiger partial charge in [0.1, 0.15) is 17.5 Å². The predicted octanol–water partition coefficient (Wildman–Crippen LogP) is 4.11. The minimum atomic E-state index is -0.694. The van der Waals surface area contributed by atoms with Crippen molar-refractivity contribution in [3.8, 4) is 0 Å². The van der Waals surface area contributed by atoms with E-state index in [0.29, 0.717) is 10.0 Å². The van der Waals surface area contributed by atoms with Crippen molar-refractivity contribution in [2.24, 2.45) is 5.73 Å². The Kier molecular flexibility index (Phi) is 4.27. The van der Waals surface area contributed by atoms with E-state index >= 15 is 0 Å². The van der Waals surface area contributed by atoms with Crippen molar-refractivity contribution in [1.82, 2.24) is 0 Å². The third-order valence-electron chi connectivity index (χ3n) is 2.81. The molecule has 0 aliphatic rings. The minimum Gasteiger partial charge on any atom is -0.324 e. The van der Waals surface area contributed by atoms with Gasteiger partial charge in [0.15, 0.2) is 0 Å². The van der Waals surface area contributed by atoms with Crippen LogP contribution in [0.5, 0.6) is 0 Å². The van der Waals surface area contributed by atoms with Crippen molar-refractivity contribution in [1.29, 1.82) is 0 Å². The summed E-state index contributed by atoms with van der Waals surface area (Å²) in [6, 6.07) is 6.80. The molecule has 0 amide bonds. The zero-order chi connectivity index (χ0) is 14.0. The Hall–Kier alpha value is -1.33. The highest BCUT2D eigenvalue weighted by Gasteiger charge is 2.14. The van der Waals surface area contributed by atoms with Gasteiger partial charge in [0.25, 0.3) is 0 Å². The van der Waals surface area contributed by atoms with E-state index in [1.165, 1.54) is 18.2 Å². The lowest BCUT2D eigenvalue weighted by Crippen LogP contribution is -2.15. The molecule has 0 bridgehead atoms. The van der Waals surface area contributed by atoms with Gasteiger partial charge in [-0.05, 0) is 36.2 Å². The molecule has 0 saturated heterocycles. The van der Waals surface area contributed by atoms with E-state index in [1.807, 2.05) is 0 Å². The molecule has 2 aromatic rings. The van der Waals surface area contributed by atoms with Gasteiger partial charge < -0.3 is 5.73 Å². The van der Waals surface area contributed by atoms with Crippen LogP contribution in [0.15, 0.2) is 40.9 Å². The number of halogens is 4. The lowest BCUT2D eigenvalue weighted by molar-refractivity contribution is 0.553. The van der Waals surface area contributed by atoms with Crippen LogP contribution in [-0.2, 0) is 6.42 Å². The fourth-order valence-electron chi connectivity index (χ4n) is 1.85. The number of hydrogen-bond donors (Lipinski definition) is 1. The Bertz CT molecular complexity index is 601. The van der Waals surface area contributed by atoms with Gasteiger partial charge in [0, 0.05) is 22.1 Å². The topological polar surface area (TPSA) is 26.0 Å². The molecule has 2 N–H and O–H groups in total. The molecular weight excluding hydrogens is 319 g/mol. The third-order valence-corrected chi connectivity index (χ3v) is 3.58. The summed E-state index contributed by atoms with van der Waals surface area (Å²) in [5.74, 6) is -1.73. The van der Waals surface area contributed by atoms with Crippen LogP contribution in [-0.4, -0.2) is 0 Å². The second-order valence-corrected chi connectivity index (χ2v) is 5.07. The molecule has 1 unspecified atom stereocenters.